The van der Waals surface area contributed by atoms with Gasteiger partial charge in [-0.2, -0.15) is 8.78 Å². The van der Waals surface area contributed by atoms with Crippen molar-refractivity contribution in [2.45, 2.75) is 31.9 Å². The molecule has 0 aliphatic heterocycles. The number of ether oxygens (including phenoxy) is 1. The fourth-order valence-corrected chi connectivity index (χ4v) is 3.04. The Hall–Kier alpha value is -2.63. The molecule has 1 amide bonds. The Bertz CT molecular complexity index is 750. The molecule has 0 bridgehead atoms. The van der Waals surface area contributed by atoms with Crippen molar-refractivity contribution >= 4 is 11.6 Å². The summed E-state index contributed by atoms with van der Waals surface area (Å²) in [5.74, 6) is -0.0559. The van der Waals surface area contributed by atoms with Gasteiger partial charge >= 0.3 is 6.61 Å². The molecule has 1 aliphatic rings. The van der Waals surface area contributed by atoms with E-state index in [-0.39, 0.29) is 17.7 Å². The molecule has 0 radical (unpaired) electrons. The summed E-state index contributed by atoms with van der Waals surface area (Å²) in [6, 6.07) is 11.5. The Kier molecular flexibility index (Phi) is 4.64. The number of benzene rings is 2. The average molecular weight is 332 g/mol. The van der Waals surface area contributed by atoms with E-state index in [1.54, 1.807) is 36.4 Å². The number of hydrogen-bond acceptors (Lipinski definition) is 3. The maximum atomic E-state index is 12.4. The molecule has 0 saturated carbocycles. The Balaban J connectivity index is 1.78. The Morgan fingerprint density at radius 3 is 2.83 bits per heavy atom. The Morgan fingerprint density at radius 2 is 2.08 bits per heavy atom. The zero-order valence-electron chi connectivity index (χ0n) is 13.0. The molecule has 24 heavy (non-hydrogen) atoms. The molecule has 0 fully saturated rings. The lowest BCUT2D eigenvalue weighted by Crippen LogP contribution is -2.31. The van der Waals surface area contributed by atoms with Crippen LogP contribution in [0.1, 0.15) is 40.4 Å². The van der Waals surface area contributed by atoms with Crippen LogP contribution in [0.2, 0.25) is 0 Å². The fourth-order valence-electron chi connectivity index (χ4n) is 3.04. The molecule has 126 valence electrons. The minimum Gasteiger partial charge on any atom is -0.435 e. The summed E-state index contributed by atoms with van der Waals surface area (Å²) in [7, 11) is 0. The van der Waals surface area contributed by atoms with Crippen molar-refractivity contribution in [1.29, 1.82) is 0 Å². The summed E-state index contributed by atoms with van der Waals surface area (Å²) in [5, 5.41) is 3.00. The van der Waals surface area contributed by atoms with E-state index in [0.717, 1.165) is 30.4 Å². The number of carbonyl (C=O) groups is 1. The van der Waals surface area contributed by atoms with Crippen LogP contribution in [-0.2, 0) is 6.42 Å². The van der Waals surface area contributed by atoms with Gasteiger partial charge in [0.1, 0.15) is 5.75 Å². The second-order valence-electron chi connectivity index (χ2n) is 5.78. The number of nitrogens with one attached hydrogen (secondary N) is 1. The first kappa shape index (κ1) is 16.2. The van der Waals surface area contributed by atoms with E-state index in [1.807, 2.05) is 0 Å². The van der Waals surface area contributed by atoms with E-state index in [9.17, 15) is 13.6 Å². The molecule has 1 atom stereocenters. The molecule has 1 unspecified atom stereocenters. The second-order valence-corrected chi connectivity index (χ2v) is 5.78. The number of nitrogen functional groups attached to an aromatic ring is 1. The summed E-state index contributed by atoms with van der Waals surface area (Å²) in [6.07, 6.45) is 2.45. The summed E-state index contributed by atoms with van der Waals surface area (Å²) >= 11 is 0. The summed E-state index contributed by atoms with van der Waals surface area (Å²) in [6.45, 7) is -2.84. The van der Waals surface area contributed by atoms with Gasteiger partial charge in [-0.05, 0) is 60.7 Å². The molecule has 0 spiro atoms. The highest BCUT2D eigenvalue weighted by Crippen LogP contribution is 2.32. The van der Waals surface area contributed by atoms with Gasteiger partial charge in [0.15, 0.2) is 0 Å². The number of amides is 1. The number of aryl methyl sites for hydroxylation is 1. The highest BCUT2D eigenvalue weighted by Gasteiger charge is 2.23. The lowest BCUT2D eigenvalue weighted by atomic mass is 9.87. The quantitative estimate of drug-likeness (QED) is 0.840. The molecule has 4 nitrogen and oxygen atoms in total. The lowest BCUT2D eigenvalue weighted by Gasteiger charge is -2.27. The monoisotopic (exact) mass is 332 g/mol. The molecule has 2 aromatic rings. The van der Waals surface area contributed by atoms with Crippen LogP contribution in [0.5, 0.6) is 5.75 Å². The highest BCUT2D eigenvalue weighted by molar-refractivity contribution is 5.95. The second kappa shape index (κ2) is 6.86. The van der Waals surface area contributed by atoms with Crippen LogP contribution >= 0.6 is 0 Å². The first-order valence-corrected chi connectivity index (χ1v) is 7.77. The molecule has 0 aromatic heterocycles. The van der Waals surface area contributed by atoms with E-state index < -0.39 is 6.61 Å². The number of rotatable bonds is 4. The third-order valence-corrected chi connectivity index (χ3v) is 4.11. The number of halogens is 2. The van der Waals surface area contributed by atoms with Gasteiger partial charge in [-0.25, -0.2) is 0 Å². The average Bonchev–Trinajstić information content (AvgIpc) is 2.54. The molecular weight excluding hydrogens is 314 g/mol. The summed E-state index contributed by atoms with van der Waals surface area (Å²) in [4.78, 5) is 12.4. The van der Waals surface area contributed by atoms with Crippen LogP contribution in [-0.4, -0.2) is 12.5 Å². The minimum absolute atomic E-state index is 0.145. The Labute approximate surface area is 138 Å². The largest absolute Gasteiger partial charge is 0.435 e. The van der Waals surface area contributed by atoms with Crippen molar-refractivity contribution in [3.63, 3.8) is 0 Å². The van der Waals surface area contributed by atoms with Gasteiger partial charge in [0.25, 0.3) is 5.91 Å². The van der Waals surface area contributed by atoms with E-state index in [2.05, 4.69) is 10.1 Å². The maximum absolute atomic E-state index is 12.4. The van der Waals surface area contributed by atoms with Gasteiger partial charge in [0.05, 0.1) is 6.04 Å². The predicted molar refractivity (Wildman–Crippen MR) is 87.1 cm³/mol. The standard InChI is InChI=1S/C18H18F2N2O2/c19-18(20)24-14-7-8-15-11(10-14)3-2-6-16(15)22-17(23)12-4-1-5-13(21)9-12/h1,4-5,7-10,16,18H,2-3,6,21H2,(H,22,23). The normalized spacial score (nSPS) is 16.5. The number of fused-ring (bicyclic) bond motifs is 1. The number of nitrogens with two attached hydrogens (primary N) is 1. The topological polar surface area (TPSA) is 64.4 Å². The van der Waals surface area contributed by atoms with Gasteiger partial charge in [0, 0.05) is 11.3 Å². The number of carbonyl (C=O) groups excluding carboxylic acids is 1. The van der Waals surface area contributed by atoms with Crippen molar-refractivity contribution < 1.29 is 18.3 Å². The van der Waals surface area contributed by atoms with Crippen LogP contribution in [0.3, 0.4) is 0 Å². The highest BCUT2D eigenvalue weighted by atomic mass is 19.3. The number of hydrogen-bond donors (Lipinski definition) is 2. The van der Waals surface area contributed by atoms with E-state index in [4.69, 9.17) is 5.73 Å². The van der Waals surface area contributed by atoms with E-state index >= 15 is 0 Å². The number of anilines is 1. The van der Waals surface area contributed by atoms with Crippen molar-refractivity contribution in [2.24, 2.45) is 0 Å². The van der Waals surface area contributed by atoms with Crippen LogP contribution < -0.4 is 15.8 Å². The molecular formula is C18H18F2N2O2. The van der Waals surface area contributed by atoms with Gasteiger partial charge in [-0.1, -0.05) is 12.1 Å². The van der Waals surface area contributed by atoms with Gasteiger partial charge in [0.2, 0.25) is 0 Å². The predicted octanol–water partition coefficient (Wildman–Crippen LogP) is 3.68. The molecule has 2 aromatic carbocycles. The Morgan fingerprint density at radius 1 is 1.25 bits per heavy atom. The van der Waals surface area contributed by atoms with Crippen molar-refractivity contribution in [3.05, 3.63) is 59.2 Å². The number of alkyl halides is 2. The first-order chi connectivity index (χ1) is 11.5. The van der Waals surface area contributed by atoms with Crippen LogP contribution in [0.4, 0.5) is 14.5 Å². The fraction of sp³-hybridized carbons (Fsp3) is 0.278. The zero-order chi connectivity index (χ0) is 17.1. The zero-order valence-corrected chi connectivity index (χ0v) is 13.0. The minimum atomic E-state index is -2.84. The smallest absolute Gasteiger partial charge is 0.387 e. The third-order valence-electron chi connectivity index (χ3n) is 4.11. The summed E-state index contributed by atoms with van der Waals surface area (Å²) in [5.41, 5.74) is 8.61. The SMILES string of the molecule is Nc1cccc(C(=O)NC2CCCc3cc(OC(F)F)ccc32)c1. The van der Waals surface area contributed by atoms with E-state index in [1.165, 1.54) is 6.07 Å². The third kappa shape index (κ3) is 3.64. The maximum Gasteiger partial charge on any atom is 0.387 e. The lowest BCUT2D eigenvalue weighted by molar-refractivity contribution is -0.0499. The molecule has 6 heteroatoms. The van der Waals surface area contributed by atoms with Gasteiger partial charge in [-0.15, -0.1) is 0 Å². The molecule has 3 rings (SSSR count). The molecule has 3 N–H and O–H groups in total. The van der Waals surface area contributed by atoms with Gasteiger partial charge in [-0.3, -0.25) is 4.79 Å². The van der Waals surface area contributed by atoms with Crippen LogP contribution in [0.25, 0.3) is 0 Å². The van der Waals surface area contributed by atoms with Crippen molar-refractivity contribution in [3.8, 4) is 5.75 Å². The van der Waals surface area contributed by atoms with Crippen molar-refractivity contribution in [1.82, 2.24) is 5.32 Å². The molecule has 0 saturated heterocycles. The van der Waals surface area contributed by atoms with Crippen molar-refractivity contribution in [2.75, 3.05) is 5.73 Å². The van der Waals surface area contributed by atoms with Crippen LogP contribution in [0.15, 0.2) is 42.5 Å². The first-order valence-electron chi connectivity index (χ1n) is 7.77. The molecule has 0 heterocycles. The summed E-state index contributed by atoms with van der Waals surface area (Å²) < 4.78 is 29.1. The van der Waals surface area contributed by atoms with E-state index in [0.29, 0.717) is 11.3 Å². The van der Waals surface area contributed by atoms with Gasteiger partial charge < -0.3 is 15.8 Å². The van der Waals surface area contributed by atoms with Crippen LogP contribution in [0, 0.1) is 0 Å². The molecule has 1 aliphatic carbocycles.